The molecule has 1 rings (SSSR count). The Hall–Kier alpha value is -1.37. The van der Waals surface area contributed by atoms with Crippen LogP contribution >= 0.6 is 11.6 Å². The van der Waals surface area contributed by atoms with Crippen LogP contribution < -0.4 is 5.32 Å². The molecule has 0 atom stereocenters. The highest BCUT2D eigenvalue weighted by molar-refractivity contribution is 6.30. The lowest BCUT2D eigenvalue weighted by Gasteiger charge is -2.15. The SMILES string of the molecule is O=C(NCC(F)(F)C(F)F)c1cc(Cl)ccn1. The van der Waals surface area contributed by atoms with Gasteiger partial charge in [-0.05, 0) is 12.1 Å². The summed E-state index contributed by atoms with van der Waals surface area (Å²) >= 11 is 5.54. The van der Waals surface area contributed by atoms with Gasteiger partial charge in [-0.15, -0.1) is 0 Å². The lowest BCUT2D eigenvalue weighted by molar-refractivity contribution is -0.123. The standard InChI is InChI=1S/C9H7ClF4N2O/c10-5-1-2-15-6(3-5)7(17)16-4-9(13,14)8(11)12/h1-3,8H,4H2,(H,16,17). The van der Waals surface area contributed by atoms with Crippen molar-refractivity contribution in [3.8, 4) is 0 Å². The largest absolute Gasteiger partial charge is 0.344 e. The number of carbonyl (C=O) groups is 1. The predicted molar refractivity (Wildman–Crippen MR) is 52.5 cm³/mol. The van der Waals surface area contributed by atoms with Gasteiger partial charge in [0, 0.05) is 11.2 Å². The van der Waals surface area contributed by atoms with E-state index in [1.54, 1.807) is 5.32 Å². The van der Waals surface area contributed by atoms with Crippen LogP contribution in [0.1, 0.15) is 10.5 Å². The third-order valence-corrected chi connectivity index (χ3v) is 1.99. The number of pyridine rings is 1. The van der Waals surface area contributed by atoms with E-state index >= 15 is 0 Å². The van der Waals surface area contributed by atoms with Gasteiger partial charge in [0.2, 0.25) is 0 Å². The normalized spacial score (nSPS) is 11.6. The second kappa shape index (κ2) is 5.31. The van der Waals surface area contributed by atoms with Crippen LogP contribution in [0.2, 0.25) is 5.02 Å². The molecule has 1 N–H and O–H groups in total. The Morgan fingerprint density at radius 1 is 1.53 bits per heavy atom. The first kappa shape index (κ1) is 13.7. The molecule has 0 fully saturated rings. The minimum atomic E-state index is -4.27. The molecule has 0 unspecified atom stereocenters. The molecule has 1 aromatic heterocycles. The lowest BCUT2D eigenvalue weighted by atomic mass is 10.3. The maximum atomic E-state index is 12.5. The second-order valence-corrected chi connectivity index (χ2v) is 3.54. The van der Waals surface area contributed by atoms with Crippen LogP contribution in [0.25, 0.3) is 0 Å². The van der Waals surface area contributed by atoms with Crippen LogP contribution in [-0.4, -0.2) is 29.8 Å². The molecule has 1 aromatic rings. The first-order valence-electron chi connectivity index (χ1n) is 4.38. The summed E-state index contributed by atoms with van der Waals surface area (Å²) in [6.45, 7) is -1.46. The molecule has 8 heteroatoms. The van der Waals surface area contributed by atoms with Crippen molar-refractivity contribution in [2.75, 3.05) is 6.54 Å². The van der Waals surface area contributed by atoms with E-state index in [0.29, 0.717) is 0 Å². The molecule has 0 aliphatic rings. The number of halogens is 5. The summed E-state index contributed by atoms with van der Waals surface area (Å²) in [5.74, 6) is -5.26. The summed E-state index contributed by atoms with van der Waals surface area (Å²) < 4.78 is 48.6. The third kappa shape index (κ3) is 3.85. The van der Waals surface area contributed by atoms with Crippen LogP contribution in [0.3, 0.4) is 0 Å². The van der Waals surface area contributed by atoms with Crippen LogP contribution in [0.4, 0.5) is 17.6 Å². The third-order valence-electron chi connectivity index (χ3n) is 1.76. The topological polar surface area (TPSA) is 42.0 Å². The number of hydrogen-bond donors (Lipinski definition) is 1. The van der Waals surface area contributed by atoms with E-state index in [4.69, 9.17) is 11.6 Å². The van der Waals surface area contributed by atoms with Crippen molar-refractivity contribution in [2.24, 2.45) is 0 Å². The smallest absolute Gasteiger partial charge is 0.324 e. The van der Waals surface area contributed by atoms with Crippen molar-refractivity contribution in [3.63, 3.8) is 0 Å². The highest BCUT2D eigenvalue weighted by Crippen LogP contribution is 2.21. The minimum absolute atomic E-state index is 0.186. The molecule has 94 valence electrons. The van der Waals surface area contributed by atoms with Gasteiger partial charge < -0.3 is 5.32 Å². The van der Waals surface area contributed by atoms with Gasteiger partial charge in [0.1, 0.15) is 5.69 Å². The Labute approximate surface area is 98.8 Å². The minimum Gasteiger partial charge on any atom is -0.344 e. The van der Waals surface area contributed by atoms with Crippen molar-refractivity contribution >= 4 is 17.5 Å². The molecule has 1 amide bonds. The van der Waals surface area contributed by atoms with Crippen LogP contribution in [0.15, 0.2) is 18.3 Å². The van der Waals surface area contributed by atoms with Gasteiger partial charge in [0.25, 0.3) is 5.91 Å². The van der Waals surface area contributed by atoms with E-state index < -0.39 is 24.8 Å². The van der Waals surface area contributed by atoms with Crippen molar-refractivity contribution in [3.05, 3.63) is 29.0 Å². The Balaban J connectivity index is 2.62. The highest BCUT2D eigenvalue weighted by Gasteiger charge is 2.40. The summed E-state index contributed by atoms with van der Waals surface area (Å²) in [5.41, 5.74) is -0.220. The zero-order chi connectivity index (χ0) is 13.1. The number of alkyl halides is 4. The van der Waals surface area contributed by atoms with E-state index in [1.807, 2.05) is 0 Å². The van der Waals surface area contributed by atoms with Crippen LogP contribution in [-0.2, 0) is 0 Å². The van der Waals surface area contributed by atoms with Gasteiger partial charge in [0.05, 0.1) is 6.54 Å². The zero-order valence-electron chi connectivity index (χ0n) is 8.26. The van der Waals surface area contributed by atoms with Gasteiger partial charge in [-0.3, -0.25) is 9.78 Å². The van der Waals surface area contributed by atoms with E-state index in [-0.39, 0.29) is 10.7 Å². The Kier molecular flexibility index (Phi) is 4.28. The van der Waals surface area contributed by atoms with Crippen molar-refractivity contribution < 1.29 is 22.4 Å². The quantitative estimate of drug-likeness (QED) is 0.854. The lowest BCUT2D eigenvalue weighted by Crippen LogP contribution is -2.41. The zero-order valence-corrected chi connectivity index (χ0v) is 9.02. The van der Waals surface area contributed by atoms with Gasteiger partial charge in [-0.1, -0.05) is 11.6 Å². The number of nitrogens with one attached hydrogen (secondary N) is 1. The van der Waals surface area contributed by atoms with Gasteiger partial charge in [-0.25, -0.2) is 8.78 Å². The fraction of sp³-hybridized carbons (Fsp3) is 0.333. The monoisotopic (exact) mass is 270 g/mol. The summed E-state index contributed by atoms with van der Waals surface area (Å²) in [4.78, 5) is 14.8. The van der Waals surface area contributed by atoms with E-state index in [1.165, 1.54) is 12.3 Å². The second-order valence-electron chi connectivity index (χ2n) is 3.10. The number of aromatic nitrogens is 1. The molecule has 0 aliphatic heterocycles. The molecule has 0 spiro atoms. The first-order valence-corrected chi connectivity index (χ1v) is 4.76. The van der Waals surface area contributed by atoms with Crippen LogP contribution in [0, 0.1) is 0 Å². The molecular weight excluding hydrogens is 264 g/mol. The molecule has 0 bridgehead atoms. The van der Waals surface area contributed by atoms with Crippen LogP contribution in [0.5, 0.6) is 0 Å². The number of carbonyl (C=O) groups excluding carboxylic acids is 1. The van der Waals surface area contributed by atoms with Gasteiger partial charge in [0.15, 0.2) is 0 Å². The van der Waals surface area contributed by atoms with E-state index in [9.17, 15) is 22.4 Å². The highest BCUT2D eigenvalue weighted by atomic mass is 35.5. The fourth-order valence-corrected chi connectivity index (χ4v) is 1.05. The number of amides is 1. The number of hydrogen-bond acceptors (Lipinski definition) is 2. The predicted octanol–water partition coefficient (Wildman–Crippen LogP) is 2.37. The average Bonchev–Trinajstić information content (AvgIpc) is 2.25. The Morgan fingerprint density at radius 3 is 2.71 bits per heavy atom. The van der Waals surface area contributed by atoms with E-state index in [2.05, 4.69) is 4.98 Å². The average molecular weight is 271 g/mol. The molecule has 0 saturated carbocycles. The summed E-state index contributed by atoms with van der Waals surface area (Å²) in [6, 6.07) is 2.52. The summed E-state index contributed by atoms with van der Waals surface area (Å²) in [7, 11) is 0. The van der Waals surface area contributed by atoms with Crippen molar-refractivity contribution in [1.29, 1.82) is 0 Å². The Bertz CT molecular complexity index is 414. The fourth-order valence-electron chi connectivity index (χ4n) is 0.895. The molecule has 1 heterocycles. The Morgan fingerprint density at radius 2 is 2.18 bits per heavy atom. The van der Waals surface area contributed by atoms with Gasteiger partial charge in [-0.2, -0.15) is 8.78 Å². The summed E-state index contributed by atoms with van der Waals surface area (Å²) in [6.07, 6.45) is -2.64. The molecule has 17 heavy (non-hydrogen) atoms. The first-order chi connectivity index (χ1) is 7.83. The molecule has 0 aliphatic carbocycles. The number of nitrogens with zero attached hydrogens (tertiary/aromatic N) is 1. The van der Waals surface area contributed by atoms with Gasteiger partial charge >= 0.3 is 12.3 Å². The molecule has 0 aromatic carbocycles. The molecule has 0 radical (unpaired) electrons. The van der Waals surface area contributed by atoms with Crippen molar-refractivity contribution in [1.82, 2.24) is 10.3 Å². The molecule has 0 saturated heterocycles. The number of rotatable bonds is 4. The van der Waals surface area contributed by atoms with E-state index in [0.717, 1.165) is 6.07 Å². The summed E-state index contributed by atoms with van der Waals surface area (Å²) in [5, 5.41) is 1.84. The van der Waals surface area contributed by atoms with Crippen molar-refractivity contribution in [2.45, 2.75) is 12.3 Å². The maximum Gasteiger partial charge on any atom is 0.324 e. The maximum absolute atomic E-state index is 12.5. The molecule has 3 nitrogen and oxygen atoms in total. The molecular formula is C9H7ClF4N2O.